The van der Waals surface area contributed by atoms with E-state index in [1.54, 1.807) is 0 Å². The Bertz CT molecular complexity index is 178. The average Bonchev–Trinajstić information content (AvgIpc) is 2.24. The fourth-order valence-electron chi connectivity index (χ4n) is 1.70. The quantitative estimate of drug-likeness (QED) is 0.630. The predicted molar refractivity (Wildman–Crippen MR) is 75.5 cm³/mol. The van der Waals surface area contributed by atoms with E-state index in [9.17, 15) is 0 Å². The Morgan fingerprint density at radius 2 is 1.88 bits per heavy atom. The molecular weight excluding hydrogens is 212 g/mol. The van der Waals surface area contributed by atoms with E-state index in [-0.39, 0.29) is 5.54 Å². The molecule has 0 aromatic heterocycles. The summed E-state index contributed by atoms with van der Waals surface area (Å²) in [6.45, 7) is 19.3. The highest BCUT2D eigenvalue weighted by molar-refractivity contribution is 4.73. The average molecular weight is 244 g/mol. The van der Waals surface area contributed by atoms with Crippen molar-refractivity contribution in [3.8, 4) is 0 Å². The molecule has 104 valence electrons. The maximum Gasteiger partial charge on any atom is 0.0593 e. The molecule has 1 unspecified atom stereocenters. The zero-order chi connectivity index (χ0) is 13.3. The van der Waals surface area contributed by atoms with Gasteiger partial charge in [-0.1, -0.05) is 13.8 Å². The van der Waals surface area contributed by atoms with Crippen LogP contribution in [0.2, 0.25) is 0 Å². The Labute approximate surface area is 108 Å². The fourth-order valence-corrected chi connectivity index (χ4v) is 1.70. The Hall–Kier alpha value is -0.120. The molecule has 0 aromatic carbocycles. The van der Waals surface area contributed by atoms with Crippen molar-refractivity contribution in [3.05, 3.63) is 0 Å². The Morgan fingerprint density at radius 3 is 2.35 bits per heavy atom. The Balaban J connectivity index is 3.77. The number of nitrogens with zero attached hydrogens (tertiary/aromatic N) is 1. The van der Waals surface area contributed by atoms with Crippen LogP contribution in [0.4, 0.5) is 0 Å². The highest BCUT2D eigenvalue weighted by Crippen LogP contribution is 2.03. The standard InChI is InChI=1S/C14H32N2O/c1-7-16(9-10-17-8-2)12-13(3)11-15-14(4,5)6/h13,15H,7-12H2,1-6H3. The molecule has 0 aliphatic rings. The van der Waals surface area contributed by atoms with Crippen LogP contribution in [0.25, 0.3) is 0 Å². The molecule has 0 fully saturated rings. The molecule has 0 heterocycles. The van der Waals surface area contributed by atoms with Gasteiger partial charge < -0.3 is 15.0 Å². The van der Waals surface area contributed by atoms with Crippen LogP contribution in [-0.4, -0.2) is 49.8 Å². The number of nitrogens with one attached hydrogen (secondary N) is 1. The predicted octanol–water partition coefficient (Wildman–Crippen LogP) is 2.37. The van der Waals surface area contributed by atoms with Crippen molar-refractivity contribution in [2.24, 2.45) is 5.92 Å². The first-order valence-electron chi connectivity index (χ1n) is 6.94. The molecule has 0 spiro atoms. The van der Waals surface area contributed by atoms with Crippen molar-refractivity contribution in [1.29, 1.82) is 0 Å². The topological polar surface area (TPSA) is 24.5 Å². The number of ether oxygens (including phenoxy) is 1. The second-order valence-electron chi connectivity index (χ2n) is 5.83. The lowest BCUT2D eigenvalue weighted by Gasteiger charge is -2.27. The van der Waals surface area contributed by atoms with Gasteiger partial charge in [0.15, 0.2) is 0 Å². The maximum absolute atomic E-state index is 5.40. The number of hydrogen-bond acceptors (Lipinski definition) is 3. The summed E-state index contributed by atoms with van der Waals surface area (Å²) in [7, 11) is 0. The van der Waals surface area contributed by atoms with Crippen LogP contribution < -0.4 is 5.32 Å². The van der Waals surface area contributed by atoms with E-state index in [4.69, 9.17) is 4.74 Å². The van der Waals surface area contributed by atoms with E-state index < -0.39 is 0 Å². The lowest BCUT2D eigenvalue weighted by Crippen LogP contribution is -2.42. The number of likely N-dealkylation sites (N-methyl/N-ethyl adjacent to an activating group) is 1. The van der Waals surface area contributed by atoms with Gasteiger partial charge in [-0.3, -0.25) is 0 Å². The van der Waals surface area contributed by atoms with Crippen molar-refractivity contribution in [2.45, 2.75) is 47.1 Å². The van der Waals surface area contributed by atoms with E-state index in [2.05, 4.69) is 44.8 Å². The lowest BCUT2D eigenvalue weighted by atomic mass is 10.1. The van der Waals surface area contributed by atoms with Crippen molar-refractivity contribution >= 4 is 0 Å². The van der Waals surface area contributed by atoms with E-state index in [1.165, 1.54) is 0 Å². The van der Waals surface area contributed by atoms with Crippen LogP contribution in [0.3, 0.4) is 0 Å². The summed E-state index contributed by atoms with van der Waals surface area (Å²) in [6, 6.07) is 0. The van der Waals surface area contributed by atoms with Gasteiger partial charge in [-0.05, 0) is 46.7 Å². The normalized spacial score (nSPS) is 14.3. The van der Waals surface area contributed by atoms with Crippen LogP contribution in [0.1, 0.15) is 41.5 Å². The highest BCUT2D eigenvalue weighted by Gasteiger charge is 2.13. The number of rotatable bonds is 9. The monoisotopic (exact) mass is 244 g/mol. The second kappa shape index (κ2) is 8.90. The van der Waals surface area contributed by atoms with E-state index in [1.807, 2.05) is 6.92 Å². The highest BCUT2D eigenvalue weighted by atomic mass is 16.5. The molecule has 1 atom stereocenters. The summed E-state index contributed by atoms with van der Waals surface area (Å²) in [6.07, 6.45) is 0. The molecule has 3 heteroatoms. The first kappa shape index (κ1) is 16.9. The van der Waals surface area contributed by atoms with Crippen molar-refractivity contribution in [2.75, 3.05) is 39.4 Å². The molecule has 0 bridgehead atoms. The summed E-state index contributed by atoms with van der Waals surface area (Å²) < 4.78 is 5.40. The van der Waals surface area contributed by atoms with Crippen LogP contribution >= 0.6 is 0 Å². The zero-order valence-corrected chi connectivity index (χ0v) is 12.7. The van der Waals surface area contributed by atoms with Gasteiger partial charge in [0.2, 0.25) is 0 Å². The Morgan fingerprint density at radius 1 is 1.24 bits per heavy atom. The van der Waals surface area contributed by atoms with Crippen LogP contribution in [0.5, 0.6) is 0 Å². The third-order valence-electron chi connectivity index (χ3n) is 2.75. The Kier molecular flexibility index (Phi) is 8.83. The molecule has 0 radical (unpaired) electrons. The van der Waals surface area contributed by atoms with Gasteiger partial charge in [0.25, 0.3) is 0 Å². The first-order chi connectivity index (χ1) is 7.89. The zero-order valence-electron chi connectivity index (χ0n) is 12.7. The molecule has 3 nitrogen and oxygen atoms in total. The number of hydrogen-bond donors (Lipinski definition) is 1. The minimum absolute atomic E-state index is 0.219. The fraction of sp³-hybridized carbons (Fsp3) is 1.00. The van der Waals surface area contributed by atoms with Crippen molar-refractivity contribution in [1.82, 2.24) is 10.2 Å². The SMILES string of the molecule is CCOCCN(CC)CC(C)CNC(C)(C)C. The van der Waals surface area contributed by atoms with Gasteiger partial charge in [0, 0.05) is 25.2 Å². The molecule has 0 amide bonds. The van der Waals surface area contributed by atoms with E-state index in [0.717, 1.165) is 39.4 Å². The van der Waals surface area contributed by atoms with Gasteiger partial charge in [-0.15, -0.1) is 0 Å². The van der Waals surface area contributed by atoms with Crippen molar-refractivity contribution in [3.63, 3.8) is 0 Å². The first-order valence-corrected chi connectivity index (χ1v) is 6.94. The second-order valence-corrected chi connectivity index (χ2v) is 5.83. The van der Waals surface area contributed by atoms with Crippen LogP contribution in [0.15, 0.2) is 0 Å². The summed E-state index contributed by atoms with van der Waals surface area (Å²) >= 11 is 0. The lowest BCUT2D eigenvalue weighted by molar-refractivity contribution is 0.109. The maximum atomic E-state index is 5.40. The molecule has 0 aromatic rings. The smallest absolute Gasteiger partial charge is 0.0593 e. The van der Waals surface area contributed by atoms with Crippen LogP contribution in [0, 0.1) is 5.92 Å². The van der Waals surface area contributed by atoms with E-state index in [0.29, 0.717) is 5.92 Å². The summed E-state index contributed by atoms with van der Waals surface area (Å²) in [5.74, 6) is 0.677. The molecule has 0 saturated heterocycles. The summed E-state index contributed by atoms with van der Waals surface area (Å²) in [5, 5.41) is 3.56. The molecule has 0 saturated carbocycles. The molecule has 0 aliphatic carbocycles. The molecular formula is C14H32N2O. The van der Waals surface area contributed by atoms with Gasteiger partial charge in [0.05, 0.1) is 6.61 Å². The van der Waals surface area contributed by atoms with Gasteiger partial charge in [-0.25, -0.2) is 0 Å². The minimum Gasteiger partial charge on any atom is -0.380 e. The van der Waals surface area contributed by atoms with E-state index >= 15 is 0 Å². The molecule has 0 rings (SSSR count). The van der Waals surface area contributed by atoms with Gasteiger partial charge in [-0.2, -0.15) is 0 Å². The van der Waals surface area contributed by atoms with Gasteiger partial charge >= 0.3 is 0 Å². The van der Waals surface area contributed by atoms with Crippen molar-refractivity contribution < 1.29 is 4.74 Å². The third kappa shape index (κ3) is 10.7. The summed E-state index contributed by atoms with van der Waals surface area (Å²) in [5.41, 5.74) is 0.219. The van der Waals surface area contributed by atoms with Gasteiger partial charge in [0.1, 0.15) is 0 Å². The van der Waals surface area contributed by atoms with Crippen LogP contribution in [-0.2, 0) is 4.74 Å². The largest absolute Gasteiger partial charge is 0.380 e. The molecule has 1 N–H and O–H groups in total. The molecule has 0 aliphatic heterocycles. The molecule has 17 heavy (non-hydrogen) atoms. The third-order valence-corrected chi connectivity index (χ3v) is 2.75. The summed E-state index contributed by atoms with van der Waals surface area (Å²) in [4.78, 5) is 2.46. The minimum atomic E-state index is 0.219.